The molecule has 0 bridgehead atoms. The average Bonchev–Trinajstić information content (AvgIpc) is 2.80. The van der Waals surface area contributed by atoms with E-state index in [2.05, 4.69) is 17.4 Å². The molecule has 35 heavy (non-hydrogen) atoms. The Bertz CT molecular complexity index is 1110. The second kappa shape index (κ2) is 11.1. The van der Waals surface area contributed by atoms with Crippen molar-refractivity contribution in [3.8, 4) is 5.75 Å². The first-order chi connectivity index (χ1) is 16.5. The number of benzene rings is 2. The maximum Gasteiger partial charge on any atom is 0.407 e. The SMILES string of the molecule is CC(C)(C)OC(=O)NCc1cccc(C2CCN(C(=O)/C=C/c3ccc(C(N)=O)c(O)c3)CC2)c1. The number of carbonyl (C=O) groups excluding carboxylic acids is 3. The molecule has 4 N–H and O–H groups in total. The molecule has 0 radical (unpaired) electrons. The first-order valence-corrected chi connectivity index (χ1v) is 11.7. The minimum Gasteiger partial charge on any atom is -0.507 e. The second-order valence-corrected chi connectivity index (χ2v) is 9.67. The van der Waals surface area contributed by atoms with Crippen LogP contribution < -0.4 is 11.1 Å². The molecule has 2 aromatic carbocycles. The predicted molar refractivity (Wildman–Crippen MR) is 134 cm³/mol. The van der Waals surface area contributed by atoms with E-state index in [4.69, 9.17) is 10.5 Å². The maximum absolute atomic E-state index is 12.6. The highest BCUT2D eigenvalue weighted by Crippen LogP contribution is 2.29. The van der Waals surface area contributed by atoms with Crippen molar-refractivity contribution in [2.24, 2.45) is 5.73 Å². The third-order valence-corrected chi connectivity index (χ3v) is 5.77. The fourth-order valence-electron chi connectivity index (χ4n) is 4.01. The number of aromatic hydroxyl groups is 1. The van der Waals surface area contributed by atoms with E-state index in [1.165, 1.54) is 23.8 Å². The fourth-order valence-corrected chi connectivity index (χ4v) is 4.01. The number of rotatable bonds is 6. The van der Waals surface area contributed by atoms with Gasteiger partial charge < -0.3 is 25.8 Å². The van der Waals surface area contributed by atoms with E-state index in [0.717, 1.165) is 18.4 Å². The Hall–Kier alpha value is -3.81. The number of amides is 3. The lowest BCUT2D eigenvalue weighted by atomic mass is 9.88. The molecule has 1 aliphatic rings. The number of hydrogen-bond donors (Lipinski definition) is 3. The first-order valence-electron chi connectivity index (χ1n) is 11.7. The number of carbonyl (C=O) groups is 3. The summed E-state index contributed by atoms with van der Waals surface area (Å²) in [5.41, 5.74) is 7.50. The molecule has 186 valence electrons. The summed E-state index contributed by atoms with van der Waals surface area (Å²) in [5, 5.41) is 12.7. The summed E-state index contributed by atoms with van der Waals surface area (Å²) in [4.78, 5) is 37.6. The molecule has 3 rings (SSSR count). The van der Waals surface area contributed by atoms with E-state index < -0.39 is 17.6 Å². The van der Waals surface area contributed by atoms with Gasteiger partial charge in [0.05, 0.1) is 5.56 Å². The van der Waals surface area contributed by atoms with Crippen LogP contribution in [0, 0.1) is 0 Å². The van der Waals surface area contributed by atoms with Gasteiger partial charge in [-0.2, -0.15) is 0 Å². The standard InChI is InChI=1S/C27H33N3O5/c1-27(2,3)35-26(34)29-17-19-5-4-6-21(15-19)20-11-13-30(14-12-20)24(32)10-8-18-7-9-22(25(28)33)23(31)16-18/h4-10,15-16,20,31H,11-14,17H2,1-3H3,(H2,28,33)(H,29,34)/b10-8+. The average molecular weight is 480 g/mol. The lowest BCUT2D eigenvalue weighted by molar-refractivity contribution is -0.126. The molecule has 0 spiro atoms. The number of nitrogens with two attached hydrogens (primary N) is 1. The summed E-state index contributed by atoms with van der Waals surface area (Å²) in [5.74, 6) is -0.682. The van der Waals surface area contributed by atoms with Crippen molar-refractivity contribution < 1.29 is 24.2 Å². The van der Waals surface area contributed by atoms with Crippen LogP contribution in [0.15, 0.2) is 48.5 Å². The molecular formula is C27H33N3O5. The number of nitrogens with one attached hydrogen (secondary N) is 1. The van der Waals surface area contributed by atoms with Crippen molar-refractivity contribution in [1.82, 2.24) is 10.2 Å². The smallest absolute Gasteiger partial charge is 0.407 e. The van der Waals surface area contributed by atoms with Crippen LogP contribution in [0.5, 0.6) is 5.75 Å². The number of likely N-dealkylation sites (tertiary alicyclic amines) is 1. The van der Waals surface area contributed by atoms with E-state index in [9.17, 15) is 19.5 Å². The predicted octanol–water partition coefficient (Wildman–Crippen LogP) is 3.94. The van der Waals surface area contributed by atoms with Crippen molar-refractivity contribution >= 4 is 24.0 Å². The Labute approximate surface area is 205 Å². The van der Waals surface area contributed by atoms with Crippen LogP contribution in [-0.2, 0) is 16.1 Å². The molecule has 2 aromatic rings. The van der Waals surface area contributed by atoms with Gasteiger partial charge in [0.25, 0.3) is 5.91 Å². The summed E-state index contributed by atoms with van der Waals surface area (Å²) in [6.45, 7) is 7.15. The number of phenols is 1. The largest absolute Gasteiger partial charge is 0.507 e. The van der Waals surface area contributed by atoms with E-state index in [1.807, 2.05) is 32.9 Å². The van der Waals surface area contributed by atoms with Gasteiger partial charge in [0.1, 0.15) is 11.4 Å². The molecular weight excluding hydrogens is 446 g/mol. The van der Waals surface area contributed by atoms with Crippen LogP contribution in [0.3, 0.4) is 0 Å². The summed E-state index contributed by atoms with van der Waals surface area (Å²) >= 11 is 0. The Morgan fingerprint density at radius 3 is 2.49 bits per heavy atom. The molecule has 1 aliphatic heterocycles. The lowest BCUT2D eigenvalue weighted by Gasteiger charge is -2.31. The zero-order chi connectivity index (χ0) is 25.6. The fraction of sp³-hybridized carbons (Fsp3) is 0.370. The van der Waals surface area contributed by atoms with Gasteiger partial charge >= 0.3 is 6.09 Å². The van der Waals surface area contributed by atoms with Gasteiger partial charge in [-0.05, 0) is 74.4 Å². The summed E-state index contributed by atoms with van der Waals surface area (Å²) in [6, 6.07) is 12.6. The van der Waals surface area contributed by atoms with Gasteiger partial charge in [-0.15, -0.1) is 0 Å². The number of hydrogen-bond acceptors (Lipinski definition) is 5. The molecule has 8 nitrogen and oxygen atoms in total. The minimum absolute atomic E-state index is 0.0419. The molecule has 1 fully saturated rings. The van der Waals surface area contributed by atoms with Crippen LogP contribution in [0.2, 0.25) is 0 Å². The third kappa shape index (κ3) is 7.60. The summed E-state index contributed by atoms with van der Waals surface area (Å²) in [6.07, 6.45) is 4.33. The molecule has 1 heterocycles. The topological polar surface area (TPSA) is 122 Å². The zero-order valence-corrected chi connectivity index (χ0v) is 20.4. The number of alkyl carbamates (subject to hydrolysis) is 1. The van der Waals surface area contributed by atoms with Gasteiger partial charge in [-0.3, -0.25) is 9.59 Å². The zero-order valence-electron chi connectivity index (χ0n) is 20.4. The second-order valence-electron chi connectivity index (χ2n) is 9.67. The molecule has 0 saturated carbocycles. The number of primary amides is 1. The highest BCUT2D eigenvalue weighted by atomic mass is 16.6. The van der Waals surface area contributed by atoms with Crippen molar-refractivity contribution in [2.45, 2.75) is 51.7 Å². The van der Waals surface area contributed by atoms with Gasteiger partial charge in [0.15, 0.2) is 0 Å². The normalized spacial score (nSPS) is 14.7. The van der Waals surface area contributed by atoms with Crippen molar-refractivity contribution in [3.63, 3.8) is 0 Å². The Kier molecular flexibility index (Phi) is 8.17. The number of nitrogens with zero attached hydrogens (tertiary/aromatic N) is 1. The van der Waals surface area contributed by atoms with Crippen molar-refractivity contribution in [2.75, 3.05) is 13.1 Å². The highest BCUT2D eigenvalue weighted by molar-refractivity contribution is 5.96. The Morgan fingerprint density at radius 1 is 1.14 bits per heavy atom. The van der Waals surface area contributed by atoms with Crippen LogP contribution >= 0.6 is 0 Å². The van der Waals surface area contributed by atoms with Crippen LogP contribution in [0.1, 0.15) is 66.6 Å². The van der Waals surface area contributed by atoms with E-state index in [-0.39, 0.29) is 17.2 Å². The quantitative estimate of drug-likeness (QED) is 0.542. The van der Waals surface area contributed by atoms with Crippen LogP contribution in [0.25, 0.3) is 6.08 Å². The molecule has 1 saturated heterocycles. The summed E-state index contributed by atoms with van der Waals surface area (Å²) < 4.78 is 5.28. The van der Waals surface area contributed by atoms with Gasteiger partial charge in [-0.1, -0.05) is 30.3 Å². The van der Waals surface area contributed by atoms with E-state index >= 15 is 0 Å². The minimum atomic E-state index is -0.707. The molecule has 0 aliphatic carbocycles. The number of ether oxygens (including phenoxy) is 1. The highest BCUT2D eigenvalue weighted by Gasteiger charge is 2.23. The Balaban J connectivity index is 1.52. The third-order valence-electron chi connectivity index (χ3n) is 5.77. The molecule has 0 unspecified atom stereocenters. The number of piperidine rings is 1. The van der Waals surface area contributed by atoms with Crippen LogP contribution in [-0.4, -0.2) is 46.6 Å². The lowest BCUT2D eigenvalue weighted by Crippen LogP contribution is -2.36. The van der Waals surface area contributed by atoms with E-state index in [1.54, 1.807) is 17.0 Å². The van der Waals surface area contributed by atoms with Crippen molar-refractivity contribution in [1.29, 1.82) is 0 Å². The molecule has 0 aromatic heterocycles. The molecule has 0 atom stereocenters. The van der Waals surface area contributed by atoms with Crippen LogP contribution in [0.4, 0.5) is 4.79 Å². The summed E-state index contributed by atoms with van der Waals surface area (Å²) in [7, 11) is 0. The van der Waals surface area contributed by atoms with Gasteiger partial charge in [-0.25, -0.2) is 4.79 Å². The monoisotopic (exact) mass is 479 g/mol. The van der Waals surface area contributed by atoms with Gasteiger partial charge in [0.2, 0.25) is 5.91 Å². The van der Waals surface area contributed by atoms with Gasteiger partial charge in [0, 0.05) is 25.7 Å². The Morgan fingerprint density at radius 2 is 1.86 bits per heavy atom. The molecule has 3 amide bonds. The first kappa shape index (κ1) is 25.8. The molecule has 8 heteroatoms. The van der Waals surface area contributed by atoms with Crippen molar-refractivity contribution in [3.05, 3.63) is 70.8 Å². The maximum atomic E-state index is 12.6. The van der Waals surface area contributed by atoms with E-state index in [0.29, 0.717) is 31.1 Å².